The standard InChI is InChI=1S/C23H24ClF2N3O2/c1-30-20-9-15(17(24)10-21(20)31-2)13-29-8-4-5-14(12-29)23-16(11-27-28-23)22-18(25)6-3-7-19(22)26/h3,6-7,9-11,14H,4-5,8,12-13H2,1-2H3,(H,27,28)/t14-/m0/s1. The van der Waals surface area contributed by atoms with Crippen LogP contribution in [-0.4, -0.2) is 42.4 Å². The normalized spacial score (nSPS) is 17.0. The van der Waals surface area contributed by atoms with Gasteiger partial charge >= 0.3 is 0 Å². The first-order valence-corrected chi connectivity index (χ1v) is 10.5. The number of aromatic amines is 1. The third kappa shape index (κ3) is 4.38. The fourth-order valence-electron chi connectivity index (χ4n) is 4.25. The molecule has 1 atom stereocenters. The summed E-state index contributed by atoms with van der Waals surface area (Å²) in [5, 5.41) is 7.68. The lowest BCUT2D eigenvalue weighted by Gasteiger charge is -2.33. The summed E-state index contributed by atoms with van der Waals surface area (Å²) in [7, 11) is 3.16. The lowest BCUT2D eigenvalue weighted by atomic mass is 9.90. The predicted octanol–water partition coefficient (Wildman–Crippen LogP) is 5.41. The van der Waals surface area contributed by atoms with Gasteiger partial charge in [0.2, 0.25) is 0 Å². The quantitative estimate of drug-likeness (QED) is 0.549. The number of piperidine rings is 1. The first-order chi connectivity index (χ1) is 15.0. The van der Waals surface area contributed by atoms with Crippen LogP contribution in [0.2, 0.25) is 5.02 Å². The minimum absolute atomic E-state index is 0.0358. The van der Waals surface area contributed by atoms with E-state index >= 15 is 0 Å². The highest BCUT2D eigenvalue weighted by Gasteiger charge is 2.27. The summed E-state index contributed by atoms with van der Waals surface area (Å²) in [5.74, 6) is 0.104. The van der Waals surface area contributed by atoms with Crippen molar-refractivity contribution in [2.45, 2.75) is 25.3 Å². The van der Waals surface area contributed by atoms with Crippen molar-refractivity contribution < 1.29 is 18.3 Å². The molecule has 1 aliphatic rings. The highest BCUT2D eigenvalue weighted by Crippen LogP contribution is 2.37. The summed E-state index contributed by atoms with van der Waals surface area (Å²) in [5.41, 5.74) is 2.13. The van der Waals surface area contributed by atoms with Gasteiger partial charge in [-0.05, 0) is 43.1 Å². The highest BCUT2D eigenvalue weighted by atomic mass is 35.5. The molecule has 4 rings (SSSR count). The van der Waals surface area contributed by atoms with Crippen LogP contribution in [0.4, 0.5) is 8.78 Å². The van der Waals surface area contributed by atoms with E-state index in [1.54, 1.807) is 20.3 Å². The van der Waals surface area contributed by atoms with Gasteiger partial charge in [-0.3, -0.25) is 10.00 Å². The lowest BCUT2D eigenvalue weighted by Crippen LogP contribution is -2.34. The molecule has 1 saturated heterocycles. The van der Waals surface area contributed by atoms with Crippen LogP contribution < -0.4 is 9.47 Å². The van der Waals surface area contributed by atoms with Crippen LogP contribution in [0.25, 0.3) is 11.1 Å². The van der Waals surface area contributed by atoms with Gasteiger partial charge in [0.05, 0.1) is 26.0 Å². The van der Waals surface area contributed by atoms with E-state index in [0.29, 0.717) is 28.6 Å². The zero-order chi connectivity index (χ0) is 22.0. The Morgan fingerprint density at radius 1 is 1.16 bits per heavy atom. The Morgan fingerprint density at radius 3 is 2.58 bits per heavy atom. The van der Waals surface area contributed by atoms with Gasteiger partial charge in [0, 0.05) is 41.4 Å². The molecular formula is C23H24ClF2N3O2. The molecule has 5 nitrogen and oxygen atoms in total. The van der Waals surface area contributed by atoms with E-state index < -0.39 is 11.6 Å². The van der Waals surface area contributed by atoms with Crippen molar-refractivity contribution in [3.63, 3.8) is 0 Å². The molecule has 0 aliphatic carbocycles. The van der Waals surface area contributed by atoms with Gasteiger partial charge in [0.25, 0.3) is 0 Å². The molecule has 164 valence electrons. The van der Waals surface area contributed by atoms with Crippen LogP contribution in [0.5, 0.6) is 11.5 Å². The van der Waals surface area contributed by atoms with Gasteiger partial charge in [-0.1, -0.05) is 17.7 Å². The number of hydrogen-bond acceptors (Lipinski definition) is 4. The zero-order valence-electron chi connectivity index (χ0n) is 17.4. The monoisotopic (exact) mass is 447 g/mol. The van der Waals surface area contributed by atoms with Gasteiger partial charge in [0.1, 0.15) is 11.6 Å². The molecule has 8 heteroatoms. The molecule has 0 bridgehead atoms. The topological polar surface area (TPSA) is 50.4 Å². The maximum Gasteiger partial charge on any atom is 0.162 e. The average Bonchev–Trinajstić information content (AvgIpc) is 3.24. The van der Waals surface area contributed by atoms with Crippen LogP contribution in [0, 0.1) is 11.6 Å². The molecule has 1 aliphatic heterocycles. The second-order valence-corrected chi connectivity index (χ2v) is 8.07. The Morgan fingerprint density at radius 2 is 1.87 bits per heavy atom. The fraction of sp³-hybridized carbons (Fsp3) is 0.348. The average molecular weight is 448 g/mol. The summed E-state index contributed by atoms with van der Waals surface area (Å²) in [6, 6.07) is 7.54. The van der Waals surface area contributed by atoms with Gasteiger partial charge < -0.3 is 9.47 Å². The molecule has 0 saturated carbocycles. The summed E-state index contributed by atoms with van der Waals surface area (Å²) < 4.78 is 39.5. The molecule has 31 heavy (non-hydrogen) atoms. The number of halogens is 3. The Balaban J connectivity index is 1.57. The molecular weight excluding hydrogens is 424 g/mol. The van der Waals surface area contributed by atoms with Crippen molar-refractivity contribution >= 4 is 11.6 Å². The smallest absolute Gasteiger partial charge is 0.162 e. The van der Waals surface area contributed by atoms with E-state index in [4.69, 9.17) is 21.1 Å². The third-order valence-corrected chi connectivity index (χ3v) is 6.11. The Bertz CT molecular complexity index is 1050. The molecule has 1 N–H and O–H groups in total. The number of hydrogen-bond donors (Lipinski definition) is 1. The number of methoxy groups -OCH3 is 2. The summed E-state index contributed by atoms with van der Waals surface area (Å²) >= 11 is 6.47. The molecule has 0 spiro atoms. The van der Waals surface area contributed by atoms with Crippen LogP contribution >= 0.6 is 11.6 Å². The molecule has 1 aromatic heterocycles. The van der Waals surface area contributed by atoms with Gasteiger partial charge in [-0.15, -0.1) is 0 Å². The summed E-state index contributed by atoms with van der Waals surface area (Å²) in [4.78, 5) is 2.28. The van der Waals surface area contributed by atoms with Crippen LogP contribution in [0.15, 0.2) is 36.5 Å². The molecule has 0 radical (unpaired) electrons. The van der Waals surface area contributed by atoms with Crippen molar-refractivity contribution in [3.8, 4) is 22.6 Å². The van der Waals surface area contributed by atoms with Crippen molar-refractivity contribution in [1.29, 1.82) is 0 Å². The lowest BCUT2D eigenvalue weighted by molar-refractivity contribution is 0.198. The zero-order valence-corrected chi connectivity index (χ0v) is 18.2. The SMILES string of the molecule is COc1cc(Cl)c(CN2CCC[C@H](c3[nH]ncc3-c3c(F)cccc3F)C2)cc1OC. The van der Waals surface area contributed by atoms with Crippen molar-refractivity contribution in [2.24, 2.45) is 0 Å². The minimum Gasteiger partial charge on any atom is -0.493 e. The number of aromatic nitrogens is 2. The van der Waals surface area contributed by atoms with E-state index in [0.717, 1.165) is 37.2 Å². The third-order valence-electron chi connectivity index (χ3n) is 5.76. The highest BCUT2D eigenvalue weighted by molar-refractivity contribution is 6.31. The molecule has 2 aromatic carbocycles. The maximum absolute atomic E-state index is 14.4. The van der Waals surface area contributed by atoms with Gasteiger partial charge in [-0.2, -0.15) is 5.10 Å². The predicted molar refractivity (Wildman–Crippen MR) is 116 cm³/mol. The van der Waals surface area contributed by atoms with Crippen LogP contribution in [0.1, 0.15) is 30.0 Å². The number of nitrogens with zero attached hydrogens (tertiary/aromatic N) is 2. The van der Waals surface area contributed by atoms with E-state index in [1.165, 1.54) is 24.4 Å². The van der Waals surface area contributed by atoms with Crippen molar-refractivity contribution in [2.75, 3.05) is 27.3 Å². The van der Waals surface area contributed by atoms with Gasteiger partial charge in [0.15, 0.2) is 11.5 Å². The Hall–Kier alpha value is -2.64. The summed E-state index contributed by atoms with van der Waals surface area (Å²) in [6.07, 6.45) is 3.36. The second kappa shape index (κ2) is 9.24. The van der Waals surface area contributed by atoms with Crippen LogP contribution in [0.3, 0.4) is 0 Å². The molecule has 3 aromatic rings. The van der Waals surface area contributed by atoms with E-state index in [2.05, 4.69) is 15.1 Å². The number of rotatable bonds is 6. The number of ether oxygens (including phenoxy) is 2. The van der Waals surface area contributed by atoms with Crippen molar-refractivity contribution in [3.05, 3.63) is 64.4 Å². The van der Waals surface area contributed by atoms with Crippen LogP contribution in [-0.2, 0) is 6.54 Å². The summed E-state index contributed by atoms with van der Waals surface area (Å²) in [6.45, 7) is 2.25. The molecule has 0 amide bonds. The first-order valence-electron chi connectivity index (χ1n) is 10.1. The van der Waals surface area contributed by atoms with E-state index in [-0.39, 0.29) is 11.5 Å². The largest absolute Gasteiger partial charge is 0.493 e. The number of benzene rings is 2. The van der Waals surface area contributed by atoms with Gasteiger partial charge in [-0.25, -0.2) is 8.78 Å². The molecule has 1 fully saturated rings. The Labute approximate surface area is 184 Å². The minimum atomic E-state index is -0.590. The molecule has 2 heterocycles. The van der Waals surface area contributed by atoms with E-state index in [1.807, 2.05) is 6.07 Å². The maximum atomic E-state index is 14.4. The second-order valence-electron chi connectivity index (χ2n) is 7.67. The number of H-pyrrole nitrogens is 1. The molecule has 0 unspecified atom stereocenters. The Kier molecular flexibility index (Phi) is 6.43. The van der Waals surface area contributed by atoms with Crippen molar-refractivity contribution in [1.82, 2.24) is 15.1 Å². The number of likely N-dealkylation sites (tertiary alicyclic amines) is 1. The fourth-order valence-corrected chi connectivity index (χ4v) is 4.47. The first kappa shape index (κ1) is 21.6. The number of nitrogens with one attached hydrogen (secondary N) is 1. The van der Waals surface area contributed by atoms with E-state index in [9.17, 15) is 8.78 Å².